The van der Waals surface area contributed by atoms with E-state index in [-0.39, 0.29) is 0 Å². The van der Waals surface area contributed by atoms with Gasteiger partial charge in [0.25, 0.3) is 0 Å². The molecule has 20 heavy (non-hydrogen) atoms. The van der Waals surface area contributed by atoms with Crippen LogP contribution in [0.3, 0.4) is 0 Å². The van der Waals surface area contributed by atoms with Gasteiger partial charge in [-0.3, -0.25) is 0 Å². The van der Waals surface area contributed by atoms with Crippen LogP contribution in [0, 0.1) is 0 Å². The Labute approximate surface area is 118 Å². The summed E-state index contributed by atoms with van der Waals surface area (Å²) < 4.78 is 29.8. The van der Waals surface area contributed by atoms with Gasteiger partial charge in [0.05, 0.1) is 0 Å². The number of benzene rings is 1. The van der Waals surface area contributed by atoms with Crippen molar-refractivity contribution >= 4 is 5.57 Å². The topological polar surface area (TPSA) is 9.23 Å². The van der Waals surface area contributed by atoms with Crippen molar-refractivity contribution in [1.29, 1.82) is 0 Å². The lowest BCUT2D eigenvalue weighted by atomic mass is 9.86. The minimum absolute atomic E-state index is 0.557. The maximum atomic E-state index is 12.2. The number of ether oxygens (including phenoxy) is 1. The molecule has 0 aromatic heterocycles. The number of rotatable bonds is 5. The maximum Gasteiger partial charge on any atom is 0.304 e. The van der Waals surface area contributed by atoms with E-state index in [1.54, 1.807) is 0 Å². The highest BCUT2D eigenvalue weighted by Gasteiger charge is 2.29. The summed E-state index contributed by atoms with van der Waals surface area (Å²) in [5, 5.41) is 0. The minimum atomic E-state index is -1.80. The zero-order chi connectivity index (χ0) is 14.4. The molecule has 1 aromatic carbocycles. The summed E-state index contributed by atoms with van der Waals surface area (Å²) in [5.74, 6) is 0. The van der Waals surface area contributed by atoms with Crippen LogP contribution < -0.4 is 0 Å². The Kier molecular flexibility index (Phi) is 4.72. The standard InChI is InChI=1S/C17H18F2O/c1-2-10-17(20-13-16(18)19)11-8-15(9-12-17)14-6-4-3-5-7-14/h3-9,11,13H,2,10,12H2,1H3. The quantitative estimate of drug-likeness (QED) is 0.661. The third-order valence-corrected chi connectivity index (χ3v) is 3.40. The van der Waals surface area contributed by atoms with Gasteiger partial charge in [-0.25, -0.2) is 0 Å². The third-order valence-electron chi connectivity index (χ3n) is 3.40. The van der Waals surface area contributed by atoms with Crippen LogP contribution in [0.5, 0.6) is 0 Å². The smallest absolute Gasteiger partial charge is 0.304 e. The molecule has 0 aliphatic heterocycles. The normalized spacial score (nSPS) is 21.2. The first-order valence-electron chi connectivity index (χ1n) is 6.79. The SMILES string of the molecule is CCCC1(OC=C(F)F)C=CC(c2ccccc2)=CC1. The fourth-order valence-corrected chi connectivity index (χ4v) is 2.42. The Morgan fingerprint density at radius 2 is 2.05 bits per heavy atom. The molecular weight excluding hydrogens is 258 g/mol. The van der Waals surface area contributed by atoms with Crippen molar-refractivity contribution in [1.82, 2.24) is 0 Å². The van der Waals surface area contributed by atoms with E-state index < -0.39 is 11.7 Å². The molecule has 1 unspecified atom stereocenters. The summed E-state index contributed by atoms with van der Waals surface area (Å²) in [7, 11) is 0. The Morgan fingerprint density at radius 1 is 1.30 bits per heavy atom. The Balaban J connectivity index is 2.15. The lowest BCUT2D eigenvalue weighted by Gasteiger charge is -2.31. The molecule has 0 saturated carbocycles. The molecule has 2 rings (SSSR count). The molecule has 0 spiro atoms. The number of hydrogen-bond acceptors (Lipinski definition) is 1. The van der Waals surface area contributed by atoms with Gasteiger partial charge in [-0.15, -0.1) is 0 Å². The van der Waals surface area contributed by atoms with E-state index in [1.807, 2.05) is 49.4 Å². The highest BCUT2D eigenvalue weighted by molar-refractivity contribution is 5.75. The van der Waals surface area contributed by atoms with Crippen LogP contribution in [0.2, 0.25) is 0 Å². The molecule has 0 amide bonds. The highest BCUT2D eigenvalue weighted by atomic mass is 19.3. The first kappa shape index (κ1) is 14.5. The maximum absolute atomic E-state index is 12.2. The van der Waals surface area contributed by atoms with Crippen LogP contribution in [0.25, 0.3) is 5.57 Å². The van der Waals surface area contributed by atoms with Crippen molar-refractivity contribution in [3.8, 4) is 0 Å². The molecule has 0 heterocycles. The van der Waals surface area contributed by atoms with E-state index in [9.17, 15) is 8.78 Å². The van der Waals surface area contributed by atoms with Crippen molar-refractivity contribution < 1.29 is 13.5 Å². The summed E-state index contributed by atoms with van der Waals surface area (Å²) in [6.07, 6.45) is 6.86. The molecule has 0 fully saturated rings. The zero-order valence-electron chi connectivity index (χ0n) is 11.5. The van der Waals surface area contributed by atoms with Crippen LogP contribution in [0.1, 0.15) is 31.7 Å². The van der Waals surface area contributed by atoms with Crippen LogP contribution in [-0.4, -0.2) is 5.60 Å². The van der Waals surface area contributed by atoms with E-state index in [0.29, 0.717) is 19.1 Å². The fraction of sp³-hybridized carbons (Fsp3) is 0.294. The number of hydrogen-bond donors (Lipinski definition) is 0. The molecule has 1 aromatic rings. The van der Waals surface area contributed by atoms with Gasteiger partial charge in [0.15, 0.2) is 0 Å². The van der Waals surface area contributed by atoms with E-state index >= 15 is 0 Å². The molecule has 106 valence electrons. The van der Waals surface area contributed by atoms with Crippen LogP contribution in [-0.2, 0) is 4.74 Å². The first-order chi connectivity index (χ1) is 9.65. The second kappa shape index (κ2) is 6.51. The molecular formula is C17H18F2O. The molecule has 0 N–H and O–H groups in total. The van der Waals surface area contributed by atoms with Gasteiger partial charge in [0, 0.05) is 6.42 Å². The van der Waals surface area contributed by atoms with Gasteiger partial charge in [-0.1, -0.05) is 55.8 Å². The lowest BCUT2D eigenvalue weighted by Crippen LogP contribution is -2.29. The van der Waals surface area contributed by atoms with Gasteiger partial charge in [-0.2, -0.15) is 8.78 Å². The van der Waals surface area contributed by atoms with E-state index in [0.717, 1.165) is 17.6 Å². The average Bonchev–Trinajstić information content (AvgIpc) is 2.47. The summed E-state index contributed by atoms with van der Waals surface area (Å²) in [5.41, 5.74) is 1.59. The van der Waals surface area contributed by atoms with Crippen LogP contribution in [0.4, 0.5) is 8.78 Å². The van der Waals surface area contributed by atoms with Crippen molar-refractivity contribution in [3.63, 3.8) is 0 Å². The lowest BCUT2D eigenvalue weighted by molar-refractivity contribution is 0.0528. The molecule has 1 aliphatic carbocycles. The molecule has 0 saturated heterocycles. The van der Waals surface area contributed by atoms with Crippen molar-refractivity contribution in [2.24, 2.45) is 0 Å². The van der Waals surface area contributed by atoms with Crippen LogP contribution in [0.15, 0.2) is 60.9 Å². The van der Waals surface area contributed by atoms with Crippen molar-refractivity contribution in [2.45, 2.75) is 31.8 Å². The number of allylic oxidation sites excluding steroid dienone is 2. The summed E-state index contributed by atoms with van der Waals surface area (Å²) in [6.45, 7) is 2.02. The monoisotopic (exact) mass is 276 g/mol. The fourth-order valence-electron chi connectivity index (χ4n) is 2.42. The van der Waals surface area contributed by atoms with E-state index in [4.69, 9.17) is 4.74 Å². The molecule has 1 atom stereocenters. The number of halogens is 2. The predicted octanol–water partition coefficient (Wildman–Crippen LogP) is 5.32. The van der Waals surface area contributed by atoms with Gasteiger partial charge in [0.1, 0.15) is 11.9 Å². The van der Waals surface area contributed by atoms with E-state index in [1.165, 1.54) is 0 Å². The van der Waals surface area contributed by atoms with Gasteiger partial charge in [-0.05, 0) is 23.6 Å². The van der Waals surface area contributed by atoms with Gasteiger partial charge >= 0.3 is 6.08 Å². The van der Waals surface area contributed by atoms with E-state index in [2.05, 4.69) is 6.08 Å². The minimum Gasteiger partial charge on any atom is -0.485 e. The largest absolute Gasteiger partial charge is 0.485 e. The Bertz CT molecular complexity index is 527. The van der Waals surface area contributed by atoms with Gasteiger partial charge < -0.3 is 4.74 Å². The summed E-state index contributed by atoms with van der Waals surface area (Å²) in [4.78, 5) is 0. The molecule has 0 bridgehead atoms. The second-order valence-electron chi connectivity index (χ2n) is 4.90. The third kappa shape index (κ3) is 3.56. The molecule has 1 aliphatic rings. The molecule has 1 nitrogen and oxygen atoms in total. The zero-order valence-corrected chi connectivity index (χ0v) is 11.5. The van der Waals surface area contributed by atoms with Crippen molar-refractivity contribution in [3.05, 3.63) is 66.5 Å². The summed E-state index contributed by atoms with van der Waals surface area (Å²) >= 11 is 0. The first-order valence-corrected chi connectivity index (χ1v) is 6.79. The van der Waals surface area contributed by atoms with Crippen LogP contribution >= 0.6 is 0 Å². The Hall–Kier alpha value is -1.90. The second-order valence-corrected chi connectivity index (χ2v) is 4.90. The molecule has 0 radical (unpaired) electrons. The van der Waals surface area contributed by atoms with Crippen molar-refractivity contribution in [2.75, 3.05) is 0 Å². The highest BCUT2D eigenvalue weighted by Crippen LogP contribution is 2.33. The van der Waals surface area contributed by atoms with Gasteiger partial charge in [0.2, 0.25) is 0 Å². The average molecular weight is 276 g/mol. The Morgan fingerprint density at radius 3 is 2.60 bits per heavy atom. The summed E-state index contributed by atoms with van der Waals surface area (Å²) in [6, 6.07) is 10.00. The predicted molar refractivity (Wildman–Crippen MR) is 77.2 cm³/mol. The molecule has 3 heteroatoms.